The molecule has 0 fully saturated rings. The van der Waals surface area contributed by atoms with Crippen LogP contribution in [-0.4, -0.2) is 43.0 Å². The topological polar surface area (TPSA) is 115 Å². The Kier molecular flexibility index (Phi) is 6.09. The number of amides is 1. The SMILES string of the molecule is CCCS(=O)(=O)Oc1cccc(C2(c3cccc(-c4ccc(F)nc4)c3)N=C(N)N(C)C2=O)c1. The zero-order valence-electron chi connectivity index (χ0n) is 18.6. The van der Waals surface area contributed by atoms with Crippen LogP contribution >= 0.6 is 0 Å². The monoisotopic (exact) mass is 482 g/mol. The number of rotatable bonds is 7. The van der Waals surface area contributed by atoms with E-state index in [0.29, 0.717) is 28.7 Å². The minimum atomic E-state index is -3.78. The van der Waals surface area contributed by atoms with Crippen molar-refractivity contribution in [2.75, 3.05) is 12.8 Å². The lowest BCUT2D eigenvalue weighted by Gasteiger charge is -2.27. The van der Waals surface area contributed by atoms with Crippen molar-refractivity contribution in [3.05, 3.63) is 83.9 Å². The van der Waals surface area contributed by atoms with Crippen LogP contribution in [0.3, 0.4) is 0 Å². The maximum Gasteiger partial charge on any atom is 0.309 e. The van der Waals surface area contributed by atoms with Crippen LogP contribution < -0.4 is 9.92 Å². The zero-order chi connectivity index (χ0) is 24.5. The number of aromatic nitrogens is 1. The average Bonchev–Trinajstić information content (AvgIpc) is 3.04. The summed E-state index contributed by atoms with van der Waals surface area (Å²) < 4.78 is 42.9. The quantitative estimate of drug-likeness (QED) is 0.409. The van der Waals surface area contributed by atoms with Crippen LogP contribution in [0.25, 0.3) is 11.1 Å². The lowest BCUT2D eigenvalue weighted by Crippen LogP contribution is -2.41. The first-order valence-electron chi connectivity index (χ1n) is 10.5. The molecule has 1 unspecified atom stereocenters. The summed E-state index contributed by atoms with van der Waals surface area (Å²) in [4.78, 5) is 23.0. The van der Waals surface area contributed by atoms with E-state index in [0.717, 1.165) is 0 Å². The van der Waals surface area contributed by atoms with Gasteiger partial charge in [0, 0.05) is 18.8 Å². The molecule has 0 spiro atoms. The Labute approximate surface area is 197 Å². The van der Waals surface area contributed by atoms with Crippen LogP contribution in [0, 0.1) is 5.95 Å². The second-order valence-corrected chi connectivity index (χ2v) is 9.56. The number of aliphatic imine (C=N–C) groups is 1. The summed E-state index contributed by atoms with van der Waals surface area (Å²) >= 11 is 0. The molecule has 10 heteroatoms. The summed E-state index contributed by atoms with van der Waals surface area (Å²) in [5.74, 6) is -1.06. The fourth-order valence-electron chi connectivity index (χ4n) is 3.87. The van der Waals surface area contributed by atoms with Crippen LogP contribution in [0.5, 0.6) is 5.75 Å². The van der Waals surface area contributed by atoms with E-state index in [1.165, 1.54) is 36.3 Å². The molecule has 176 valence electrons. The van der Waals surface area contributed by atoms with Gasteiger partial charge in [0.25, 0.3) is 5.91 Å². The smallest absolute Gasteiger partial charge is 0.309 e. The minimum absolute atomic E-state index is 0.0174. The minimum Gasteiger partial charge on any atom is -0.382 e. The van der Waals surface area contributed by atoms with E-state index < -0.39 is 27.5 Å². The van der Waals surface area contributed by atoms with Crippen LogP contribution in [-0.2, 0) is 20.5 Å². The Morgan fingerprint density at radius 1 is 1.06 bits per heavy atom. The zero-order valence-corrected chi connectivity index (χ0v) is 19.4. The summed E-state index contributed by atoms with van der Waals surface area (Å²) in [5.41, 5.74) is 6.72. The maximum absolute atomic E-state index is 13.5. The second kappa shape index (κ2) is 8.86. The molecule has 2 N–H and O–H groups in total. The van der Waals surface area contributed by atoms with Crippen LogP contribution in [0.2, 0.25) is 0 Å². The predicted octanol–water partition coefficient (Wildman–Crippen LogP) is 3.04. The normalized spacial score (nSPS) is 18.1. The number of guanidine groups is 1. The van der Waals surface area contributed by atoms with Gasteiger partial charge in [-0.25, -0.2) is 9.98 Å². The molecular weight excluding hydrogens is 459 g/mol. The van der Waals surface area contributed by atoms with Crippen molar-refractivity contribution in [1.82, 2.24) is 9.88 Å². The molecule has 1 aromatic heterocycles. The second-order valence-electron chi connectivity index (χ2n) is 7.87. The van der Waals surface area contributed by atoms with Gasteiger partial charge in [0.15, 0.2) is 11.5 Å². The van der Waals surface area contributed by atoms with Crippen molar-refractivity contribution in [2.45, 2.75) is 18.9 Å². The summed E-state index contributed by atoms with van der Waals surface area (Å²) in [6.45, 7) is 1.74. The van der Waals surface area contributed by atoms with Crippen molar-refractivity contribution in [3.8, 4) is 16.9 Å². The summed E-state index contributed by atoms with van der Waals surface area (Å²) in [6, 6.07) is 16.1. The Morgan fingerprint density at radius 2 is 1.76 bits per heavy atom. The highest BCUT2D eigenvalue weighted by molar-refractivity contribution is 7.87. The van der Waals surface area contributed by atoms with Crippen molar-refractivity contribution in [2.24, 2.45) is 10.7 Å². The molecule has 4 rings (SSSR count). The number of halogens is 1. The predicted molar refractivity (Wildman–Crippen MR) is 126 cm³/mol. The Hall–Kier alpha value is -3.79. The molecule has 1 amide bonds. The molecule has 0 saturated carbocycles. The number of carbonyl (C=O) groups excluding carboxylic acids is 1. The first kappa shape index (κ1) is 23.4. The lowest BCUT2D eigenvalue weighted by molar-refractivity contribution is -0.129. The van der Waals surface area contributed by atoms with Crippen molar-refractivity contribution in [1.29, 1.82) is 0 Å². The van der Waals surface area contributed by atoms with Gasteiger partial charge in [-0.3, -0.25) is 9.69 Å². The Balaban J connectivity index is 1.86. The van der Waals surface area contributed by atoms with Gasteiger partial charge in [-0.05, 0) is 53.4 Å². The van der Waals surface area contributed by atoms with Gasteiger partial charge in [-0.15, -0.1) is 0 Å². The summed E-state index contributed by atoms with van der Waals surface area (Å²) in [7, 11) is -2.27. The van der Waals surface area contributed by atoms with Gasteiger partial charge in [-0.2, -0.15) is 12.8 Å². The summed E-state index contributed by atoms with van der Waals surface area (Å²) in [5, 5.41) is 0. The van der Waals surface area contributed by atoms with E-state index >= 15 is 0 Å². The third kappa shape index (κ3) is 4.24. The van der Waals surface area contributed by atoms with Gasteiger partial charge in [0.05, 0.1) is 5.75 Å². The molecule has 0 radical (unpaired) electrons. The van der Waals surface area contributed by atoms with Crippen molar-refractivity contribution in [3.63, 3.8) is 0 Å². The number of benzene rings is 2. The third-order valence-corrected chi connectivity index (χ3v) is 6.86. The molecule has 1 aliphatic rings. The number of carbonyl (C=O) groups is 1. The van der Waals surface area contributed by atoms with Crippen LogP contribution in [0.1, 0.15) is 24.5 Å². The Morgan fingerprint density at radius 3 is 2.38 bits per heavy atom. The molecule has 1 aliphatic heterocycles. The standard InChI is InChI=1S/C24H23FN4O4S/c1-3-12-34(31,32)33-20-9-5-8-19(14-20)24(22(30)29(2)23(26)28-24)18-7-4-6-16(13-18)17-10-11-21(25)27-15-17/h4-11,13-15H,3,12H2,1-2H3,(H2,26,28). The van der Waals surface area contributed by atoms with E-state index in [4.69, 9.17) is 9.92 Å². The number of likely N-dealkylation sites (N-methyl/N-ethyl adjacent to an activating group) is 1. The molecule has 0 bridgehead atoms. The van der Waals surface area contributed by atoms with Crippen LogP contribution in [0.4, 0.5) is 4.39 Å². The van der Waals surface area contributed by atoms with E-state index in [9.17, 15) is 17.6 Å². The molecule has 8 nitrogen and oxygen atoms in total. The molecule has 2 aromatic carbocycles. The number of nitrogens with two attached hydrogens (primary N) is 1. The largest absolute Gasteiger partial charge is 0.382 e. The highest BCUT2D eigenvalue weighted by Crippen LogP contribution is 2.41. The van der Waals surface area contributed by atoms with Gasteiger partial charge >= 0.3 is 10.1 Å². The van der Waals surface area contributed by atoms with Gasteiger partial charge in [-0.1, -0.05) is 37.3 Å². The number of hydrogen-bond donors (Lipinski definition) is 1. The first-order chi connectivity index (χ1) is 16.2. The van der Waals surface area contributed by atoms with Gasteiger partial charge in [0.1, 0.15) is 5.75 Å². The highest BCUT2D eigenvalue weighted by Gasteiger charge is 2.49. The summed E-state index contributed by atoms with van der Waals surface area (Å²) in [6.07, 6.45) is 1.80. The maximum atomic E-state index is 13.5. The molecule has 2 heterocycles. The van der Waals surface area contributed by atoms with E-state index in [1.807, 2.05) is 0 Å². The third-order valence-electron chi connectivity index (χ3n) is 5.51. The lowest BCUT2D eigenvalue weighted by atomic mass is 9.81. The molecular formula is C24H23FN4O4S. The van der Waals surface area contributed by atoms with Crippen molar-refractivity contribution < 1.29 is 21.8 Å². The fourth-order valence-corrected chi connectivity index (χ4v) is 4.85. The van der Waals surface area contributed by atoms with E-state index in [-0.39, 0.29) is 17.5 Å². The average molecular weight is 483 g/mol. The number of nitrogens with zero attached hydrogens (tertiary/aromatic N) is 3. The van der Waals surface area contributed by atoms with E-state index in [1.54, 1.807) is 49.4 Å². The van der Waals surface area contributed by atoms with E-state index in [2.05, 4.69) is 9.98 Å². The molecule has 0 aliphatic carbocycles. The Bertz CT molecular complexity index is 1380. The number of pyridine rings is 1. The molecule has 3 aromatic rings. The molecule has 1 atom stereocenters. The van der Waals surface area contributed by atoms with Crippen LogP contribution in [0.15, 0.2) is 71.9 Å². The molecule has 34 heavy (non-hydrogen) atoms. The fraction of sp³-hybridized carbons (Fsp3) is 0.208. The van der Waals surface area contributed by atoms with Gasteiger partial charge in [0.2, 0.25) is 5.95 Å². The first-order valence-corrected chi connectivity index (χ1v) is 12.1. The highest BCUT2D eigenvalue weighted by atomic mass is 32.2. The molecule has 0 saturated heterocycles. The van der Waals surface area contributed by atoms with Gasteiger partial charge < -0.3 is 9.92 Å². The van der Waals surface area contributed by atoms with Crippen molar-refractivity contribution >= 4 is 22.0 Å². The number of hydrogen-bond acceptors (Lipinski definition) is 7.